The molecule has 4 N–H and O–H groups in total. The standard InChI is InChI=1S/C16H20N4O4/c17-15(23)11-5-7-3-9(7)19(11)13(21)1-2-14(22)20-10-4-8(10)6-12(20)16(18)24/h1-2,7-12H,3-6H2,(H2,17,23)(H2,18,24)/b2-1+/t7-,8-,9-,10-,11-,12-/m0/s1. The Bertz CT molecular complexity index is 619. The maximum Gasteiger partial charge on any atom is 0.247 e. The predicted molar refractivity (Wildman–Crippen MR) is 81.8 cm³/mol. The minimum atomic E-state index is -0.584. The molecule has 6 atom stereocenters. The molecule has 4 aliphatic rings. The van der Waals surface area contributed by atoms with E-state index in [1.165, 1.54) is 22.0 Å². The molecule has 8 nitrogen and oxygen atoms in total. The smallest absolute Gasteiger partial charge is 0.247 e. The van der Waals surface area contributed by atoms with Crippen LogP contribution in [-0.4, -0.2) is 57.6 Å². The number of piperidine rings is 2. The van der Waals surface area contributed by atoms with E-state index >= 15 is 0 Å². The lowest BCUT2D eigenvalue weighted by atomic mass is 10.1. The van der Waals surface area contributed by atoms with Gasteiger partial charge in [-0.3, -0.25) is 19.2 Å². The van der Waals surface area contributed by atoms with Crippen molar-refractivity contribution >= 4 is 23.6 Å². The Balaban J connectivity index is 1.44. The zero-order valence-electron chi connectivity index (χ0n) is 13.1. The lowest BCUT2D eigenvalue weighted by Crippen LogP contribution is -2.46. The van der Waals surface area contributed by atoms with Gasteiger partial charge in [0.2, 0.25) is 23.6 Å². The summed E-state index contributed by atoms with van der Waals surface area (Å²) in [7, 11) is 0. The van der Waals surface area contributed by atoms with Crippen molar-refractivity contribution in [3.05, 3.63) is 12.2 Å². The summed E-state index contributed by atoms with van der Waals surface area (Å²) in [5, 5.41) is 0. The minimum absolute atomic E-state index is 0.0627. The van der Waals surface area contributed by atoms with E-state index < -0.39 is 23.9 Å². The first-order chi connectivity index (χ1) is 11.4. The second kappa shape index (κ2) is 5.06. The Morgan fingerprint density at radius 1 is 0.708 bits per heavy atom. The lowest BCUT2D eigenvalue weighted by molar-refractivity contribution is -0.136. The van der Waals surface area contributed by atoms with Crippen molar-refractivity contribution in [3.63, 3.8) is 0 Å². The molecule has 0 aromatic heterocycles. The van der Waals surface area contributed by atoms with Crippen LogP contribution in [0.4, 0.5) is 0 Å². The van der Waals surface area contributed by atoms with Crippen LogP contribution in [0.25, 0.3) is 0 Å². The first-order valence-electron chi connectivity index (χ1n) is 8.29. The highest BCUT2D eigenvalue weighted by atomic mass is 16.2. The fourth-order valence-electron chi connectivity index (χ4n) is 4.37. The summed E-state index contributed by atoms with van der Waals surface area (Å²) < 4.78 is 0. The molecule has 24 heavy (non-hydrogen) atoms. The second-order valence-electron chi connectivity index (χ2n) is 7.26. The molecule has 2 saturated carbocycles. The lowest BCUT2D eigenvalue weighted by Gasteiger charge is -2.25. The summed E-state index contributed by atoms with van der Waals surface area (Å²) in [5.74, 6) is -1.08. The molecular weight excluding hydrogens is 312 g/mol. The van der Waals surface area contributed by atoms with Crippen LogP contribution >= 0.6 is 0 Å². The molecule has 0 spiro atoms. The normalized spacial score (nSPS) is 38.8. The van der Waals surface area contributed by atoms with Crippen LogP contribution in [0.3, 0.4) is 0 Å². The van der Waals surface area contributed by atoms with E-state index in [-0.39, 0.29) is 23.9 Å². The number of rotatable bonds is 4. The fourth-order valence-corrected chi connectivity index (χ4v) is 4.37. The predicted octanol–water partition coefficient (Wildman–Crippen LogP) is -1.51. The van der Waals surface area contributed by atoms with Gasteiger partial charge in [-0.2, -0.15) is 0 Å². The van der Waals surface area contributed by atoms with Gasteiger partial charge < -0.3 is 21.3 Å². The number of carbonyl (C=O) groups is 4. The SMILES string of the molecule is NC(=O)[C@@H]1C[C@@H]2C[C@@H]2N1C(=O)/C=C/C(=O)N1[C@H](C(N)=O)C[C@@H]2C[C@@H]21. The van der Waals surface area contributed by atoms with Gasteiger partial charge >= 0.3 is 0 Å². The number of likely N-dealkylation sites (tertiary alicyclic amines) is 2. The van der Waals surface area contributed by atoms with Gasteiger partial charge in [-0.15, -0.1) is 0 Å². The van der Waals surface area contributed by atoms with Crippen molar-refractivity contribution in [3.8, 4) is 0 Å². The van der Waals surface area contributed by atoms with E-state index in [1.807, 2.05) is 0 Å². The Morgan fingerprint density at radius 3 is 1.42 bits per heavy atom. The molecule has 4 rings (SSSR count). The molecule has 4 amide bonds. The molecule has 2 aliphatic carbocycles. The fraction of sp³-hybridized carbons (Fsp3) is 0.625. The number of primary amides is 2. The van der Waals surface area contributed by atoms with Crippen molar-refractivity contribution in [2.24, 2.45) is 23.3 Å². The zero-order chi connectivity index (χ0) is 17.2. The van der Waals surface area contributed by atoms with Gasteiger partial charge in [0.1, 0.15) is 12.1 Å². The molecule has 8 heteroatoms. The quantitative estimate of drug-likeness (QED) is 0.607. The van der Waals surface area contributed by atoms with Crippen LogP contribution in [0.1, 0.15) is 25.7 Å². The average molecular weight is 332 g/mol. The van der Waals surface area contributed by atoms with Gasteiger partial charge in [0.25, 0.3) is 0 Å². The second-order valence-corrected chi connectivity index (χ2v) is 7.26. The van der Waals surface area contributed by atoms with E-state index in [9.17, 15) is 19.2 Å². The summed E-state index contributed by atoms with van der Waals surface area (Å²) in [6.45, 7) is 0. The molecule has 2 saturated heterocycles. The zero-order valence-corrected chi connectivity index (χ0v) is 13.1. The van der Waals surface area contributed by atoms with Crippen LogP contribution in [-0.2, 0) is 19.2 Å². The number of carbonyl (C=O) groups excluding carboxylic acids is 4. The highest BCUT2D eigenvalue weighted by Crippen LogP contribution is 2.48. The molecule has 0 aromatic rings. The maximum atomic E-state index is 12.4. The van der Waals surface area contributed by atoms with Crippen LogP contribution in [0.2, 0.25) is 0 Å². The van der Waals surface area contributed by atoms with Crippen molar-refractivity contribution in [1.29, 1.82) is 0 Å². The number of hydrogen-bond acceptors (Lipinski definition) is 4. The summed E-state index contributed by atoms with van der Waals surface area (Å²) in [5.41, 5.74) is 10.7. The van der Waals surface area contributed by atoms with Gasteiger partial charge in [0.05, 0.1) is 0 Å². The van der Waals surface area contributed by atoms with E-state index in [0.717, 1.165) is 12.8 Å². The largest absolute Gasteiger partial charge is 0.368 e. The molecule has 0 radical (unpaired) electrons. The van der Waals surface area contributed by atoms with Crippen LogP contribution in [0.5, 0.6) is 0 Å². The summed E-state index contributed by atoms with van der Waals surface area (Å²) in [4.78, 5) is 50.7. The molecule has 0 bridgehead atoms. The van der Waals surface area contributed by atoms with E-state index in [0.29, 0.717) is 24.7 Å². The Kier molecular flexibility index (Phi) is 3.20. The van der Waals surface area contributed by atoms with Crippen LogP contribution < -0.4 is 11.5 Å². The molecular formula is C16H20N4O4. The monoisotopic (exact) mass is 332 g/mol. The summed E-state index contributed by atoms with van der Waals surface area (Å²) in [6, 6.07) is -1.04. The van der Waals surface area contributed by atoms with Crippen molar-refractivity contribution < 1.29 is 19.2 Å². The van der Waals surface area contributed by atoms with E-state index in [4.69, 9.17) is 11.5 Å². The van der Waals surface area contributed by atoms with Crippen LogP contribution in [0.15, 0.2) is 12.2 Å². The molecule has 0 unspecified atom stereocenters. The molecule has 4 fully saturated rings. The third-order valence-corrected chi connectivity index (χ3v) is 5.74. The molecule has 0 aromatic carbocycles. The highest BCUT2D eigenvalue weighted by Gasteiger charge is 2.56. The number of nitrogens with two attached hydrogens (primary N) is 2. The Hall–Kier alpha value is -2.38. The van der Waals surface area contributed by atoms with Gasteiger partial charge in [-0.05, 0) is 37.5 Å². The summed E-state index contributed by atoms with van der Waals surface area (Å²) in [6.07, 6.45) is 5.35. The molecule has 2 aliphatic heterocycles. The first-order valence-corrected chi connectivity index (χ1v) is 8.29. The van der Waals surface area contributed by atoms with Crippen molar-refractivity contribution in [1.82, 2.24) is 9.80 Å². The Morgan fingerprint density at radius 2 is 1.08 bits per heavy atom. The van der Waals surface area contributed by atoms with Gasteiger partial charge in [-0.25, -0.2) is 0 Å². The van der Waals surface area contributed by atoms with Gasteiger partial charge in [-0.1, -0.05) is 0 Å². The van der Waals surface area contributed by atoms with E-state index in [2.05, 4.69) is 0 Å². The Labute approximate surface area is 138 Å². The van der Waals surface area contributed by atoms with Crippen molar-refractivity contribution in [2.75, 3.05) is 0 Å². The molecule has 128 valence electrons. The number of nitrogens with zero attached hydrogens (tertiary/aromatic N) is 2. The third-order valence-electron chi connectivity index (χ3n) is 5.74. The van der Waals surface area contributed by atoms with Gasteiger partial charge in [0, 0.05) is 24.2 Å². The maximum absolute atomic E-state index is 12.4. The number of hydrogen-bond donors (Lipinski definition) is 2. The average Bonchev–Trinajstić information content (AvgIpc) is 3.40. The van der Waals surface area contributed by atoms with Crippen molar-refractivity contribution in [2.45, 2.75) is 49.9 Å². The number of fused-ring (bicyclic) bond motifs is 2. The first kappa shape index (κ1) is 15.2. The highest BCUT2D eigenvalue weighted by molar-refractivity contribution is 6.00. The minimum Gasteiger partial charge on any atom is -0.368 e. The van der Waals surface area contributed by atoms with Gasteiger partial charge in [0.15, 0.2) is 0 Å². The third kappa shape index (κ3) is 2.28. The summed E-state index contributed by atoms with van der Waals surface area (Å²) >= 11 is 0. The van der Waals surface area contributed by atoms with E-state index in [1.54, 1.807) is 0 Å². The number of amides is 4. The van der Waals surface area contributed by atoms with Crippen LogP contribution in [0, 0.1) is 11.8 Å². The topological polar surface area (TPSA) is 127 Å². The molecule has 2 heterocycles.